The largest absolute Gasteiger partial charge is 0.496 e. The molecule has 0 bridgehead atoms. The van der Waals surface area contributed by atoms with Crippen molar-refractivity contribution >= 4 is 24.8 Å². The Morgan fingerprint density at radius 1 is 1.35 bits per heavy atom. The Balaban J connectivity index is 2.45. The molecule has 1 aromatic heterocycles. The average Bonchev–Trinajstić information content (AvgIpc) is 2.93. The Bertz CT molecular complexity index is 803. The van der Waals surface area contributed by atoms with E-state index in [1.165, 1.54) is 14.2 Å². The summed E-state index contributed by atoms with van der Waals surface area (Å²) in [6.07, 6.45) is 1.14. The van der Waals surface area contributed by atoms with E-state index >= 15 is 0 Å². The molecule has 2 aromatic rings. The number of aromatic nitrogens is 1. The van der Waals surface area contributed by atoms with Gasteiger partial charge >= 0.3 is 11.9 Å². The first-order valence-electron chi connectivity index (χ1n) is 7.58. The summed E-state index contributed by atoms with van der Waals surface area (Å²) in [4.78, 5) is 19.5. The summed E-state index contributed by atoms with van der Waals surface area (Å²) in [5, 5.41) is 19.3. The van der Waals surface area contributed by atoms with Crippen molar-refractivity contribution in [3.63, 3.8) is 0 Å². The molecule has 26 heavy (non-hydrogen) atoms. The zero-order chi connectivity index (χ0) is 19.5. The lowest BCUT2D eigenvalue weighted by Gasteiger charge is -2.21. The summed E-state index contributed by atoms with van der Waals surface area (Å²) >= 11 is 4.24. The predicted molar refractivity (Wildman–Crippen MR) is 98.8 cm³/mol. The molecule has 0 radical (unpaired) electrons. The van der Waals surface area contributed by atoms with Gasteiger partial charge in [-0.2, -0.15) is 12.6 Å². The SMILES string of the molecule is COc1cccc(OC)c1-c1nc(C=NC(C(=O)O)C(C)(C)S)c(O)o1. The second-order valence-electron chi connectivity index (χ2n) is 5.92. The monoisotopic (exact) mass is 380 g/mol. The van der Waals surface area contributed by atoms with Crippen LogP contribution in [0.2, 0.25) is 0 Å². The summed E-state index contributed by atoms with van der Waals surface area (Å²) in [5.41, 5.74) is 0.397. The molecule has 1 aromatic carbocycles. The number of hydrogen-bond donors (Lipinski definition) is 3. The topological polar surface area (TPSA) is 114 Å². The van der Waals surface area contributed by atoms with E-state index in [1.807, 2.05) is 0 Å². The third kappa shape index (κ3) is 4.10. The first kappa shape index (κ1) is 19.6. The van der Waals surface area contributed by atoms with E-state index in [4.69, 9.17) is 13.9 Å². The minimum absolute atomic E-state index is 0.0169. The van der Waals surface area contributed by atoms with Gasteiger partial charge in [-0.25, -0.2) is 9.78 Å². The van der Waals surface area contributed by atoms with Crippen LogP contribution in [0.4, 0.5) is 0 Å². The molecule has 0 amide bonds. The van der Waals surface area contributed by atoms with Crippen LogP contribution in [-0.2, 0) is 4.79 Å². The first-order valence-corrected chi connectivity index (χ1v) is 8.03. The van der Waals surface area contributed by atoms with Crippen LogP contribution < -0.4 is 9.47 Å². The standard InChI is InChI=1S/C17H20N2O6S/c1-17(2,26)13(15(20)21)18-8-9-16(22)25-14(19-9)12-10(23-3)6-5-7-11(12)24-4/h5-8,13,22,26H,1-4H3,(H,20,21). The molecule has 0 aliphatic heterocycles. The van der Waals surface area contributed by atoms with Gasteiger partial charge in [0.1, 0.15) is 17.1 Å². The fourth-order valence-corrected chi connectivity index (χ4v) is 2.45. The Labute approximate surface area is 155 Å². The maximum absolute atomic E-state index is 11.3. The second kappa shape index (κ2) is 7.69. The van der Waals surface area contributed by atoms with Gasteiger partial charge in [-0.3, -0.25) is 4.99 Å². The van der Waals surface area contributed by atoms with Crippen LogP contribution >= 0.6 is 12.6 Å². The molecule has 1 atom stereocenters. The van der Waals surface area contributed by atoms with Gasteiger partial charge < -0.3 is 24.1 Å². The molecular formula is C17H20N2O6S. The number of carboxylic acids is 1. The molecule has 2 rings (SSSR count). The summed E-state index contributed by atoms with van der Waals surface area (Å²) in [7, 11) is 2.96. The van der Waals surface area contributed by atoms with Crippen molar-refractivity contribution in [2.75, 3.05) is 14.2 Å². The molecule has 0 fully saturated rings. The van der Waals surface area contributed by atoms with Crippen LogP contribution in [0, 0.1) is 0 Å². The fourth-order valence-electron chi connectivity index (χ4n) is 2.27. The fraction of sp³-hybridized carbons (Fsp3) is 0.353. The van der Waals surface area contributed by atoms with E-state index < -0.39 is 22.7 Å². The number of aliphatic carboxylic acids is 1. The molecular weight excluding hydrogens is 360 g/mol. The minimum Gasteiger partial charge on any atom is -0.496 e. The number of benzene rings is 1. The van der Waals surface area contributed by atoms with Crippen LogP contribution in [0.25, 0.3) is 11.5 Å². The molecule has 8 nitrogen and oxygen atoms in total. The predicted octanol–water partition coefficient (Wildman–Crippen LogP) is 2.64. The maximum atomic E-state index is 11.3. The van der Waals surface area contributed by atoms with Crippen molar-refractivity contribution in [2.24, 2.45) is 4.99 Å². The van der Waals surface area contributed by atoms with Gasteiger partial charge in [0, 0.05) is 4.75 Å². The highest BCUT2D eigenvalue weighted by molar-refractivity contribution is 7.81. The van der Waals surface area contributed by atoms with E-state index in [9.17, 15) is 15.0 Å². The number of ether oxygens (including phenoxy) is 2. The summed E-state index contributed by atoms with van der Waals surface area (Å²) in [6.45, 7) is 3.25. The number of hydrogen-bond acceptors (Lipinski definition) is 8. The highest BCUT2D eigenvalue weighted by Gasteiger charge is 2.31. The molecule has 0 spiro atoms. The third-order valence-electron chi connectivity index (χ3n) is 3.53. The van der Waals surface area contributed by atoms with Gasteiger partial charge in [-0.15, -0.1) is 0 Å². The summed E-state index contributed by atoms with van der Waals surface area (Å²) in [6, 6.07) is 3.98. The number of aromatic hydroxyl groups is 1. The lowest BCUT2D eigenvalue weighted by atomic mass is 10.0. The summed E-state index contributed by atoms with van der Waals surface area (Å²) in [5.74, 6) is -0.716. The van der Waals surface area contributed by atoms with Crippen LogP contribution in [-0.4, -0.2) is 52.4 Å². The Hall–Kier alpha value is -2.68. The number of carbonyl (C=O) groups is 1. The van der Waals surface area contributed by atoms with E-state index in [-0.39, 0.29) is 11.6 Å². The van der Waals surface area contributed by atoms with Crippen molar-refractivity contribution < 1.29 is 28.9 Å². The van der Waals surface area contributed by atoms with E-state index in [0.717, 1.165) is 6.21 Å². The Morgan fingerprint density at radius 2 is 1.92 bits per heavy atom. The number of carboxylic acid groups (broad SMARTS) is 1. The van der Waals surface area contributed by atoms with Gasteiger partial charge in [-0.05, 0) is 26.0 Å². The van der Waals surface area contributed by atoms with E-state index in [1.54, 1.807) is 32.0 Å². The normalized spacial score (nSPS) is 13.0. The first-order chi connectivity index (χ1) is 12.2. The van der Waals surface area contributed by atoms with Crippen molar-refractivity contribution in [3.05, 3.63) is 23.9 Å². The van der Waals surface area contributed by atoms with Crippen LogP contribution in [0.5, 0.6) is 17.4 Å². The molecule has 0 aliphatic rings. The highest BCUT2D eigenvalue weighted by Crippen LogP contribution is 2.39. The van der Waals surface area contributed by atoms with Crippen LogP contribution in [0.1, 0.15) is 19.5 Å². The van der Waals surface area contributed by atoms with Gasteiger partial charge in [-0.1, -0.05) is 6.07 Å². The van der Waals surface area contributed by atoms with E-state index in [0.29, 0.717) is 17.1 Å². The third-order valence-corrected chi connectivity index (χ3v) is 3.77. The van der Waals surface area contributed by atoms with Crippen molar-refractivity contribution in [1.29, 1.82) is 0 Å². The van der Waals surface area contributed by atoms with Crippen molar-refractivity contribution in [1.82, 2.24) is 4.98 Å². The van der Waals surface area contributed by atoms with Crippen molar-refractivity contribution in [3.8, 4) is 28.9 Å². The number of methoxy groups -OCH3 is 2. The van der Waals surface area contributed by atoms with Gasteiger partial charge in [0.25, 0.3) is 0 Å². The van der Waals surface area contributed by atoms with E-state index in [2.05, 4.69) is 22.6 Å². The lowest BCUT2D eigenvalue weighted by Crippen LogP contribution is -2.36. The van der Waals surface area contributed by atoms with Gasteiger partial charge in [0.15, 0.2) is 11.7 Å². The molecule has 0 saturated carbocycles. The number of thiol groups is 1. The lowest BCUT2D eigenvalue weighted by molar-refractivity contribution is -0.138. The molecule has 9 heteroatoms. The molecule has 2 N–H and O–H groups in total. The quantitative estimate of drug-likeness (QED) is 0.500. The molecule has 1 heterocycles. The van der Waals surface area contributed by atoms with Crippen molar-refractivity contribution in [2.45, 2.75) is 24.6 Å². The number of oxazole rings is 1. The van der Waals surface area contributed by atoms with Gasteiger partial charge in [0.05, 0.1) is 20.4 Å². The molecule has 0 saturated heterocycles. The zero-order valence-electron chi connectivity index (χ0n) is 14.8. The Kier molecular flexibility index (Phi) is 5.81. The number of aliphatic imine (C=N–C) groups is 1. The highest BCUT2D eigenvalue weighted by atomic mass is 32.1. The van der Waals surface area contributed by atoms with Crippen LogP contribution in [0.3, 0.4) is 0 Å². The second-order valence-corrected chi connectivity index (χ2v) is 7.07. The Morgan fingerprint density at radius 3 is 2.38 bits per heavy atom. The van der Waals surface area contributed by atoms with Gasteiger partial charge in [0.2, 0.25) is 5.89 Å². The smallest absolute Gasteiger partial charge is 0.329 e. The number of nitrogens with zero attached hydrogens (tertiary/aromatic N) is 2. The van der Waals surface area contributed by atoms with Crippen LogP contribution in [0.15, 0.2) is 27.6 Å². The zero-order valence-corrected chi connectivity index (χ0v) is 15.7. The number of rotatable bonds is 7. The molecule has 1 unspecified atom stereocenters. The maximum Gasteiger partial charge on any atom is 0.329 e. The molecule has 0 aliphatic carbocycles. The molecule has 140 valence electrons. The average molecular weight is 380 g/mol. The summed E-state index contributed by atoms with van der Waals surface area (Å²) < 4.78 is 14.9. The minimum atomic E-state index is -1.14.